The maximum atomic E-state index is 4.48. The van der Waals surface area contributed by atoms with E-state index in [9.17, 15) is 0 Å². The van der Waals surface area contributed by atoms with Crippen LogP contribution in [0.4, 0.5) is 11.6 Å². The first-order chi connectivity index (χ1) is 10.2. The lowest BCUT2D eigenvalue weighted by Gasteiger charge is -2.21. The van der Waals surface area contributed by atoms with Crippen LogP contribution in [0.1, 0.15) is 56.5 Å². The number of hydrogen-bond acceptors (Lipinski definition) is 5. The van der Waals surface area contributed by atoms with Crippen molar-refractivity contribution in [2.45, 2.75) is 46.1 Å². The summed E-state index contributed by atoms with van der Waals surface area (Å²) in [5.74, 6) is 2.24. The van der Waals surface area contributed by atoms with Gasteiger partial charge in [-0.1, -0.05) is 26.8 Å². The van der Waals surface area contributed by atoms with Crippen molar-refractivity contribution in [3.63, 3.8) is 0 Å². The topological polar surface area (TPSA) is 49.8 Å². The van der Waals surface area contributed by atoms with Gasteiger partial charge in [0.1, 0.15) is 18.0 Å². The Hall–Kier alpha value is -1.62. The maximum Gasteiger partial charge on any atom is 0.135 e. The largest absolute Gasteiger partial charge is 0.370 e. The molecule has 0 radical (unpaired) electrons. The van der Waals surface area contributed by atoms with E-state index >= 15 is 0 Å². The van der Waals surface area contributed by atoms with Gasteiger partial charge in [-0.2, -0.15) is 0 Å². The third-order valence-electron chi connectivity index (χ3n) is 3.41. The number of nitrogens with zero attached hydrogens (tertiary/aromatic N) is 2. The Bertz CT molecular complexity index is 551. The van der Waals surface area contributed by atoms with Crippen molar-refractivity contribution in [1.29, 1.82) is 0 Å². The first kappa shape index (κ1) is 15.8. The Kier molecular flexibility index (Phi) is 5.56. The van der Waals surface area contributed by atoms with Crippen molar-refractivity contribution < 1.29 is 0 Å². The predicted molar refractivity (Wildman–Crippen MR) is 91.3 cm³/mol. The molecule has 0 saturated carbocycles. The van der Waals surface area contributed by atoms with Crippen LogP contribution in [0, 0.1) is 0 Å². The molecular formula is C16H24N4S. The quantitative estimate of drug-likeness (QED) is 0.781. The number of nitrogens with one attached hydrogen (secondary N) is 2. The normalized spacial score (nSPS) is 12.4. The summed E-state index contributed by atoms with van der Waals surface area (Å²) in [4.78, 5) is 10.2. The summed E-state index contributed by atoms with van der Waals surface area (Å²) in [6.45, 7) is 9.49. The van der Waals surface area contributed by atoms with Crippen LogP contribution in [-0.2, 0) is 0 Å². The minimum Gasteiger partial charge on any atom is -0.370 e. The molecule has 1 atom stereocenters. The molecule has 0 saturated heterocycles. The Morgan fingerprint density at radius 2 is 1.95 bits per heavy atom. The van der Waals surface area contributed by atoms with Crippen molar-refractivity contribution in [1.82, 2.24) is 9.97 Å². The fourth-order valence-corrected chi connectivity index (χ4v) is 3.26. The summed E-state index contributed by atoms with van der Waals surface area (Å²) in [5, 5.41) is 9.05. The second kappa shape index (κ2) is 7.41. The molecule has 2 N–H and O–H groups in total. The minimum atomic E-state index is 0.298. The molecule has 5 heteroatoms. The van der Waals surface area contributed by atoms with E-state index in [0.717, 1.165) is 30.2 Å². The number of thiophene rings is 1. The van der Waals surface area contributed by atoms with E-state index < -0.39 is 0 Å². The third kappa shape index (κ3) is 3.73. The van der Waals surface area contributed by atoms with E-state index in [0.29, 0.717) is 12.0 Å². The second-order valence-corrected chi connectivity index (χ2v) is 6.27. The van der Waals surface area contributed by atoms with E-state index in [2.05, 4.69) is 65.8 Å². The lowest BCUT2D eigenvalue weighted by Crippen LogP contribution is -2.14. The molecule has 4 nitrogen and oxygen atoms in total. The smallest absolute Gasteiger partial charge is 0.135 e. The monoisotopic (exact) mass is 304 g/mol. The Labute approximate surface area is 131 Å². The lowest BCUT2D eigenvalue weighted by molar-refractivity contribution is 0.747. The molecule has 114 valence electrons. The zero-order valence-corrected chi connectivity index (χ0v) is 14.0. The molecule has 0 fully saturated rings. The SMILES string of the molecule is CCNc1ncnc(NC(CC)c2cccs2)c1C(C)C. The molecule has 0 aliphatic rings. The first-order valence-corrected chi connectivity index (χ1v) is 8.44. The van der Waals surface area contributed by atoms with Gasteiger partial charge in [0, 0.05) is 17.0 Å². The Balaban J connectivity index is 2.32. The van der Waals surface area contributed by atoms with Crippen molar-refractivity contribution in [3.05, 3.63) is 34.3 Å². The van der Waals surface area contributed by atoms with Crippen LogP contribution in [-0.4, -0.2) is 16.5 Å². The molecule has 21 heavy (non-hydrogen) atoms. The molecule has 2 heterocycles. The van der Waals surface area contributed by atoms with Gasteiger partial charge >= 0.3 is 0 Å². The Morgan fingerprint density at radius 1 is 1.19 bits per heavy atom. The Morgan fingerprint density at radius 3 is 2.52 bits per heavy atom. The second-order valence-electron chi connectivity index (χ2n) is 5.29. The van der Waals surface area contributed by atoms with Crippen LogP contribution >= 0.6 is 11.3 Å². The third-order valence-corrected chi connectivity index (χ3v) is 4.40. The van der Waals surface area contributed by atoms with Crippen molar-refractivity contribution in [2.24, 2.45) is 0 Å². The molecule has 0 spiro atoms. The molecule has 1 unspecified atom stereocenters. The first-order valence-electron chi connectivity index (χ1n) is 7.56. The van der Waals surface area contributed by atoms with Crippen LogP contribution in [0.15, 0.2) is 23.8 Å². The van der Waals surface area contributed by atoms with Gasteiger partial charge in [0.2, 0.25) is 0 Å². The van der Waals surface area contributed by atoms with E-state index in [4.69, 9.17) is 0 Å². The van der Waals surface area contributed by atoms with E-state index in [1.165, 1.54) is 4.88 Å². The summed E-state index contributed by atoms with van der Waals surface area (Å²) in [5.41, 5.74) is 1.16. The van der Waals surface area contributed by atoms with Crippen LogP contribution in [0.25, 0.3) is 0 Å². The standard InChI is InChI=1S/C16H24N4S/c1-5-12(13-8-7-9-21-13)20-16-14(11(3)4)15(17-6-2)18-10-19-16/h7-12H,5-6H2,1-4H3,(H2,17,18,19,20). The van der Waals surface area contributed by atoms with Crippen LogP contribution in [0.2, 0.25) is 0 Å². The highest BCUT2D eigenvalue weighted by Crippen LogP contribution is 2.32. The number of rotatable bonds is 7. The van der Waals surface area contributed by atoms with E-state index in [-0.39, 0.29) is 0 Å². The average molecular weight is 304 g/mol. The van der Waals surface area contributed by atoms with E-state index in [1.54, 1.807) is 17.7 Å². The summed E-state index contributed by atoms with van der Waals surface area (Å²) in [6.07, 6.45) is 2.66. The number of aromatic nitrogens is 2. The predicted octanol–water partition coefficient (Wildman–Crippen LogP) is 4.66. The average Bonchev–Trinajstić information content (AvgIpc) is 2.99. The minimum absolute atomic E-state index is 0.298. The molecule has 0 aromatic carbocycles. The van der Waals surface area contributed by atoms with Gasteiger partial charge in [0.25, 0.3) is 0 Å². The van der Waals surface area contributed by atoms with Crippen molar-refractivity contribution in [3.8, 4) is 0 Å². The highest BCUT2D eigenvalue weighted by atomic mass is 32.1. The highest BCUT2D eigenvalue weighted by Gasteiger charge is 2.18. The van der Waals surface area contributed by atoms with Gasteiger partial charge in [-0.25, -0.2) is 9.97 Å². The van der Waals surface area contributed by atoms with Crippen LogP contribution in [0.3, 0.4) is 0 Å². The number of anilines is 2. The molecule has 2 rings (SSSR count). The maximum absolute atomic E-state index is 4.48. The lowest BCUT2D eigenvalue weighted by atomic mass is 10.0. The highest BCUT2D eigenvalue weighted by molar-refractivity contribution is 7.10. The molecule has 0 bridgehead atoms. The van der Waals surface area contributed by atoms with Crippen molar-refractivity contribution >= 4 is 23.0 Å². The van der Waals surface area contributed by atoms with Gasteiger partial charge in [-0.15, -0.1) is 11.3 Å². The van der Waals surface area contributed by atoms with Gasteiger partial charge in [-0.05, 0) is 30.7 Å². The fourth-order valence-electron chi connectivity index (χ4n) is 2.39. The van der Waals surface area contributed by atoms with Gasteiger partial charge in [-0.3, -0.25) is 0 Å². The fraction of sp³-hybridized carbons (Fsp3) is 0.500. The van der Waals surface area contributed by atoms with Gasteiger partial charge in [0.15, 0.2) is 0 Å². The molecular weight excluding hydrogens is 280 g/mol. The van der Waals surface area contributed by atoms with Crippen LogP contribution in [0.5, 0.6) is 0 Å². The molecule has 0 amide bonds. The summed E-state index contributed by atoms with van der Waals surface area (Å²) >= 11 is 1.78. The molecule has 2 aromatic rings. The van der Waals surface area contributed by atoms with E-state index in [1.807, 2.05) is 0 Å². The summed E-state index contributed by atoms with van der Waals surface area (Å²) < 4.78 is 0. The molecule has 0 aliphatic carbocycles. The summed E-state index contributed by atoms with van der Waals surface area (Å²) in [7, 11) is 0. The number of hydrogen-bond donors (Lipinski definition) is 2. The van der Waals surface area contributed by atoms with Crippen molar-refractivity contribution in [2.75, 3.05) is 17.2 Å². The zero-order chi connectivity index (χ0) is 15.2. The zero-order valence-electron chi connectivity index (χ0n) is 13.2. The molecule has 0 aliphatic heterocycles. The van der Waals surface area contributed by atoms with Gasteiger partial charge in [0.05, 0.1) is 6.04 Å². The summed E-state index contributed by atoms with van der Waals surface area (Å²) in [6, 6.07) is 4.57. The molecule has 2 aromatic heterocycles. The van der Waals surface area contributed by atoms with Crippen LogP contribution < -0.4 is 10.6 Å². The van der Waals surface area contributed by atoms with Gasteiger partial charge < -0.3 is 10.6 Å².